The number of carbonyl (C=O) groups excluding carboxylic acids is 1. The molecular formula is C21H24FN5O2. The Balaban J connectivity index is 1.39. The molecule has 1 saturated heterocycles. The fourth-order valence-corrected chi connectivity index (χ4v) is 3.85. The van der Waals surface area contributed by atoms with Crippen LogP contribution < -0.4 is 0 Å². The first-order chi connectivity index (χ1) is 14.0. The van der Waals surface area contributed by atoms with Gasteiger partial charge in [-0.15, -0.1) is 10.2 Å². The van der Waals surface area contributed by atoms with E-state index in [1.165, 1.54) is 12.3 Å². The van der Waals surface area contributed by atoms with Crippen LogP contribution in [0.2, 0.25) is 0 Å². The van der Waals surface area contributed by atoms with Crippen molar-refractivity contribution >= 4 is 5.91 Å². The van der Waals surface area contributed by atoms with Gasteiger partial charge in [-0.25, -0.2) is 4.39 Å². The molecular weight excluding hydrogens is 373 g/mol. The minimum Gasteiger partial charge on any atom is -0.364 e. The SMILES string of the molecule is CC(C)c1nncn1C1CCN(C(=O)CCc2conc2-c2ccccc2F)C1. The Kier molecular flexibility index (Phi) is 5.42. The predicted octanol–water partition coefficient (Wildman–Crippen LogP) is 3.60. The zero-order valence-corrected chi connectivity index (χ0v) is 16.6. The Morgan fingerprint density at radius 2 is 2.17 bits per heavy atom. The standard InChI is InChI=1S/C21H24FN5O2/c1-14(2)21-24-23-13-27(21)16-9-10-26(11-16)19(28)8-7-15-12-29-25-20(15)17-5-3-4-6-18(17)22/h3-6,12-14,16H,7-11H2,1-2H3. The molecule has 29 heavy (non-hydrogen) atoms. The number of aromatic nitrogens is 4. The van der Waals surface area contributed by atoms with Gasteiger partial charge in [0.1, 0.15) is 29.9 Å². The molecule has 1 aromatic carbocycles. The lowest BCUT2D eigenvalue weighted by Gasteiger charge is -2.18. The lowest BCUT2D eigenvalue weighted by Crippen LogP contribution is -2.29. The quantitative estimate of drug-likeness (QED) is 0.635. The van der Waals surface area contributed by atoms with E-state index in [1.54, 1.807) is 24.5 Å². The maximum Gasteiger partial charge on any atom is 0.222 e. The second-order valence-electron chi connectivity index (χ2n) is 7.70. The van der Waals surface area contributed by atoms with Gasteiger partial charge in [-0.3, -0.25) is 4.79 Å². The van der Waals surface area contributed by atoms with Crippen molar-refractivity contribution in [1.29, 1.82) is 0 Å². The van der Waals surface area contributed by atoms with Gasteiger partial charge in [-0.2, -0.15) is 0 Å². The van der Waals surface area contributed by atoms with Crippen molar-refractivity contribution in [2.24, 2.45) is 0 Å². The summed E-state index contributed by atoms with van der Waals surface area (Å²) in [4.78, 5) is 14.6. The van der Waals surface area contributed by atoms with E-state index in [4.69, 9.17) is 4.52 Å². The van der Waals surface area contributed by atoms with Crippen LogP contribution in [0.1, 0.15) is 50.0 Å². The Bertz CT molecular complexity index is 996. The van der Waals surface area contributed by atoms with Crippen LogP contribution in [0.25, 0.3) is 11.3 Å². The first-order valence-electron chi connectivity index (χ1n) is 9.90. The Morgan fingerprint density at radius 3 is 2.97 bits per heavy atom. The third-order valence-electron chi connectivity index (χ3n) is 5.41. The van der Waals surface area contributed by atoms with Crippen LogP contribution in [0.4, 0.5) is 4.39 Å². The third-order valence-corrected chi connectivity index (χ3v) is 5.41. The minimum atomic E-state index is -0.355. The van der Waals surface area contributed by atoms with Crippen LogP contribution in [0.3, 0.4) is 0 Å². The molecule has 4 rings (SSSR count). The van der Waals surface area contributed by atoms with E-state index >= 15 is 0 Å². The number of amides is 1. The second-order valence-corrected chi connectivity index (χ2v) is 7.70. The maximum absolute atomic E-state index is 14.1. The molecule has 0 aliphatic carbocycles. The molecule has 1 aliphatic rings. The largest absolute Gasteiger partial charge is 0.364 e. The van der Waals surface area contributed by atoms with Crippen LogP contribution >= 0.6 is 0 Å². The highest BCUT2D eigenvalue weighted by molar-refractivity contribution is 5.77. The fourth-order valence-electron chi connectivity index (χ4n) is 3.85. The molecule has 0 saturated carbocycles. The summed E-state index contributed by atoms with van der Waals surface area (Å²) < 4.78 is 21.2. The number of aryl methyl sites for hydroxylation is 1. The minimum absolute atomic E-state index is 0.0763. The number of nitrogens with zero attached hydrogens (tertiary/aromatic N) is 5. The second kappa shape index (κ2) is 8.14. The van der Waals surface area contributed by atoms with Crippen molar-refractivity contribution in [3.8, 4) is 11.3 Å². The zero-order chi connectivity index (χ0) is 20.4. The summed E-state index contributed by atoms with van der Waals surface area (Å²) in [5.41, 5.74) is 1.58. The van der Waals surface area contributed by atoms with E-state index in [9.17, 15) is 9.18 Å². The molecule has 1 aliphatic heterocycles. The molecule has 1 unspecified atom stereocenters. The van der Waals surface area contributed by atoms with Gasteiger partial charge in [0.05, 0.1) is 6.04 Å². The average molecular weight is 397 g/mol. The normalized spacial score (nSPS) is 16.7. The highest BCUT2D eigenvalue weighted by atomic mass is 19.1. The van der Waals surface area contributed by atoms with Gasteiger partial charge < -0.3 is 14.0 Å². The first-order valence-corrected chi connectivity index (χ1v) is 9.90. The van der Waals surface area contributed by atoms with Crippen molar-refractivity contribution in [3.63, 3.8) is 0 Å². The van der Waals surface area contributed by atoms with Gasteiger partial charge in [-0.05, 0) is 25.0 Å². The average Bonchev–Trinajstić information content (AvgIpc) is 3.46. The van der Waals surface area contributed by atoms with E-state index in [-0.39, 0.29) is 23.7 Å². The number of halogens is 1. The molecule has 1 atom stereocenters. The van der Waals surface area contributed by atoms with E-state index < -0.39 is 0 Å². The molecule has 0 spiro atoms. The van der Waals surface area contributed by atoms with Crippen LogP contribution in [0, 0.1) is 5.82 Å². The zero-order valence-electron chi connectivity index (χ0n) is 16.6. The van der Waals surface area contributed by atoms with Gasteiger partial charge in [0, 0.05) is 36.6 Å². The Morgan fingerprint density at radius 1 is 1.34 bits per heavy atom. The molecule has 0 N–H and O–H groups in total. The number of likely N-dealkylation sites (tertiary alicyclic amines) is 1. The van der Waals surface area contributed by atoms with Crippen molar-refractivity contribution in [2.75, 3.05) is 13.1 Å². The predicted molar refractivity (Wildman–Crippen MR) is 105 cm³/mol. The Hall–Kier alpha value is -3.03. The highest BCUT2D eigenvalue weighted by Gasteiger charge is 2.29. The molecule has 8 heteroatoms. The summed E-state index contributed by atoms with van der Waals surface area (Å²) >= 11 is 0. The molecule has 3 aromatic rings. The van der Waals surface area contributed by atoms with Crippen molar-refractivity contribution in [1.82, 2.24) is 24.8 Å². The van der Waals surface area contributed by atoms with Gasteiger partial charge in [-0.1, -0.05) is 31.1 Å². The number of hydrogen-bond donors (Lipinski definition) is 0. The molecule has 1 fully saturated rings. The Labute approximate surface area is 168 Å². The molecule has 3 heterocycles. The fraction of sp³-hybridized carbons (Fsp3) is 0.429. The van der Waals surface area contributed by atoms with Crippen LogP contribution in [-0.4, -0.2) is 43.8 Å². The van der Waals surface area contributed by atoms with Crippen LogP contribution in [0.15, 0.2) is 41.4 Å². The van der Waals surface area contributed by atoms with Crippen LogP contribution in [-0.2, 0) is 11.2 Å². The number of carbonyl (C=O) groups is 1. The summed E-state index contributed by atoms with van der Waals surface area (Å²) in [6.45, 7) is 5.54. The van der Waals surface area contributed by atoms with Gasteiger partial charge in [0.25, 0.3) is 0 Å². The number of benzene rings is 1. The molecule has 7 nitrogen and oxygen atoms in total. The topological polar surface area (TPSA) is 77.0 Å². The van der Waals surface area contributed by atoms with E-state index in [2.05, 4.69) is 33.8 Å². The van der Waals surface area contributed by atoms with E-state index in [0.29, 0.717) is 37.2 Å². The van der Waals surface area contributed by atoms with Crippen molar-refractivity contribution in [3.05, 3.63) is 54.1 Å². The first kappa shape index (κ1) is 19.3. The van der Waals surface area contributed by atoms with Crippen molar-refractivity contribution < 1.29 is 13.7 Å². The maximum atomic E-state index is 14.1. The van der Waals surface area contributed by atoms with E-state index in [0.717, 1.165) is 17.8 Å². The summed E-state index contributed by atoms with van der Waals surface area (Å²) in [6.07, 6.45) is 4.92. The van der Waals surface area contributed by atoms with Crippen LogP contribution in [0.5, 0.6) is 0 Å². The monoisotopic (exact) mass is 397 g/mol. The number of hydrogen-bond acceptors (Lipinski definition) is 5. The lowest BCUT2D eigenvalue weighted by atomic mass is 10.0. The molecule has 1 amide bonds. The summed E-state index contributed by atoms with van der Waals surface area (Å²) in [5, 5.41) is 12.2. The molecule has 2 aromatic heterocycles. The molecule has 0 radical (unpaired) electrons. The summed E-state index contributed by atoms with van der Waals surface area (Å²) in [7, 11) is 0. The van der Waals surface area contributed by atoms with Crippen molar-refractivity contribution in [2.45, 2.75) is 45.1 Å². The third kappa shape index (κ3) is 3.92. The molecule has 152 valence electrons. The number of rotatable bonds is 6. The highest BCUT2D eigenvalue weighted by Crippen LogP contribution is 2.28. The van der Waals surface area contributed by atoms with Gasteiger partial charge in [0.15, 0.2) is 0 Å². The summed E-state index contributed by atoms with van der Waals surface area (Å²) in [6, 6.07) is 6.64. The lowest BCUT2D eigenvalue weighted by molar-refractivity contribution is -0.130. The van der Waals surface area contributed by atoms with Gasteiger partial charge in [0.2, 0.25) is 5.91 Å². The van der Waals surface area contributed by atoms with Gasteiger partial charge >= 0.3 is 0 Å². The van der Waals surface area contributed by atoms with E-state index in [1.807, 2.05) is 4.90 Å². The molecule has 0 bridgehead atoms. The summed E-state index contributed by atoms with van der Waals surface area (Å²) in [5.74, 6) is 0.953. The smallest absolute Gasteiger partial charge is 0.222 e.